The van der Waals surface area contributed by atoms with Crippen LogP contribution in [-0.2, 0) is 0 Å². The normalized spacial score (nSPS) is 9.44. The molecule has 0 bridgehead atoms. The van der Waals surface area contributed by atoms with Crippen molar-refractivity contribution in [2.45, 2.75) is 0 Å². The van der Waals surface area contributed by atoms with E-state index in [9.17, 15) is 20.2 Å². The third kappa shape index (κ3) is 7.26. The number of benzene rings is 4. The highest BCUT2D eigenvalue weighted by molar-refractivity contribution is 8.59. The topological polar surface area (TPSA) is 86.3 Å². The van der Waals surface area contributed by atoms with Crippen LogP contribution in [0.25, 0.3) is 22.3 Å². The van der Waals surface area contributed by atoms with Gasteiger partial charge in [0, 0.05) is 24.3 Å². The first-order chi connectivity index (χ1) is 15.5. The number of nitro groups is 2. The maximum absolute atomic E-state index is 10.5. The summed E-state index contributed by atoms with van der Waals surface area (Å²) in [4.78, 5) is 20.1. The second-order valence-electron chi connectivity index (χ2n) is 6.34. The number of nitrogens with zero attached hydrogens (tertiary/aromatic N) is 2. The quantitative estimate of drug-likeness (QED) is 0.144. The summed E-state index contributed by atoms with van der Waals surface area (Å²) in [6, 6.07) is 32.6. The number of thiol groups is 2. The molecule has 0 amide bonds. The number of hydrogen-bond donors (Lipinski definition) is 2. The summed E-state index contributed by atoms with van der Waals surface area (Å²) in [5, 5.41) is 20.9. The van der Waals surface area contributed by atoms with Crippen LogP contribution in [0.1, 0.15) is 0 Å². The maximum Gasteiger partial charge on any atom is 0.269 e. The van der Waals surface area contributed by atoms with Crippen LogP contribution in [0, 0.1) is 20.2 Å². The Bertz CT molecular complexity index is 1030. The lowest BCUT2D eigenvalue weighted by molar-refractivity contribution is -0.385. The van der Waals surface area contributed by atoms with Crippen LogP contribution in [0.3, 0.4) is 0 Å². The SMILES string of the molecule is O=[N+]([O-])c1ccc(-c2ccccc2)cc1.O=[N+]([O-])c1ccc(-c2ccccc2)cc1.SS. The highest BCUT2D eigenvalue weighted by atomic mass is 33.1. The van der Waals surface area contributed by atoms with Gasteiger partial charge in [-0.15, -0.1) is 23.3 Å². The molecule has 0 aliphatic carbocycles. The summed E-state index contributed by atoms with van der Waals surface area (Å²) in [6.07, 6.45) is 0. The Kier molecular flexibility index (Phi) is 9.96. The molecule has 4 aromatic rings. The summed E-state index contributed by atoms with van der Waals surface area (Å²) in [6.45, 7) is 0. The lowest BCUT2D eigenvalue weighted by Gasteiger charge is -1.99. The zero-order chi connectivity index (χ0) is 23.3. The summed E-state index contributed by atoms with van der Waals surface area (Å²) >= 11 is 6.44. The Labute approximate surface area is 196 Å². The molecule has 0 aromatic heterocycles. The van der Waals surface area contributed by atoms with Gasteiger partial charge in [0.25, 0.3) is 11.4 Å². The zero-order valence-electron chi connectivity index (χ0n) is 16.8. The van der Waals surface area contributed by atoms with Crippen LogP contribution < -0.4 is 0 Å². The highest BCUT2D eigenvalue weighted by Crippen LogP contribution is 2.22. The van der Waals surface area contributed by atoms with E-state index in [1.807, 2.05) is 60.7 Å². The Hall–Kier alpha value is -3.62. The predicted octanol–water partition coefficient (Wildman–Crippen LogP) is 7.28. The van der Waals surface area contributed by atoms with E-state index in [-0.39, 0.29) is 11.4 Å². The smallest absolute Gasteiger partial charge is 0.258 e. The molecule has 32 heavy (non-hydrogen) atoms. The molecule has 0 N–H and O–H groups in total. The number of nitro benzene ring substituents is 2. The third-order valence-corrected chi connectivity index (χ3v) is 4.37. The van der Waals surface area contributed by atoms with Gasteiger partial charge in [-0.1, -0.05) is 60.7 Å². The van der Waals surface area contributed by atoms with Gasteiger partial charge >= 0.3 is 0 Å². The van der Waals surface area contributed by atoms with Crippen LogP contribution >= 0.6 is 23.3 Å². The van der Waals surface area contributed by atoms with Crippen molar-refractivity contribution in [3.05, 3.63) is 129 Å². The number of hydrogen-bond acceptors (Lipinski definition) is 6. The van der Waals surface area contributed by atoms with E-state index in [1.165, 1.54) is 24.3 Å². The fourth-order valence-electron chi connectivity index (χ4n) is 2.81. The number of rotatable bonds is 4. The second-order valence-corrected chi connectivity index (χ2v) is 6.34. The summed E-state index contributed by atoms with van der Waals surface area (Å²) < 4.78 is 0. The Morgan fingerprint density at radius 3 is 0.938 bits per heavy atom. The van der Waals surface area contributed by atoms with Gasteiger partial charge in [-0.05, 0) is 46.5 Å². The van der Waals surface area contributed by atoms with Crippen molar-refractivity contribution >= 4 is 34.7 Å². The molecule has 4 rings (SSSR count). The minimum absolute atomic E-state index is 0.120. The van der Waals surface area contributed by atoms with Crippen molar-refractivity contribution in [1.82, 2.24) is 0 Å². The molecule has 0 spiro atoms. The standard InChI is InChI=1S/2C12H9NO2.H2S2/c2*14-13(15)12-8-6-11(7-9-12)10-4-2-1-3-5-10;1-2/h2*1-9H;1-2H. The molecule has 0 unspecified atom stereocenters. The van der Waals surface area contributed by atoms with Crippen molar-refractivity contribution < 1.29 is 9.85 Å². The Morgan fingerprint density at radius 1 is 0.438 bits per heavy atom. The van der Waals surface area contributed by atoms with Gasteiger partial charge in [0.1, 0.15) is 0 Å². The molecule has 4 aromatic carbocycles. The summed E-state index contributed by atoms with van der Waals surface area (Å²) in [5.74, 6) is 0. The molecule has 0 aliphatic heterocycles. The van der Waals surface area contributed by atoms with Gasteiger partial charge in [0.05, 0.1) is 9.85 Å². The first kappa shape index (κ1) is 24.6. The Balaban J connectivity index is 0.000000211. The predicted molar refractivity (Wildman–Crippen MR) is 135 cm³/mol. The van der Waals surface area contributed by atoms with E-state index in [0.717, 1.165) is 22.3 Å². The molecule has 162 valence electrons. The maximum atomic E-state index is 10.5. The first-order valence-corrected chi connectivity index (χ1v) is 10.9. The second kappa shape index (κ2) is 12.9. The number of non-ortho nitro benzene ring substituents is 2. The fourth-order valence-corrected chi connectivity index (χ4v) is 2.81. The highest BCUT2D eigenvalue weighted by Gasteiger charge is 2.05. The lowest BCUT2D eigenvalue weighted by atomic mass is 10.1. The van der Waals surface area contributed by atoms with Crippen LogP contribution in [-0.4, -0.2) is 9.85 Å². The molecule has 8 heteroatoms. The van der Waals surface area contributed by atoms with Crippen molar-refractivity contribution in [1.29, 1.82) is 0 Å². The van der Waals surface area contributed by atoms with Crippen LogP contribution in [0.5, 0.6) is 0 Å². The lowest BCUT2D eigenvalue weighted by Crippen LogP contribution is -1.86. The van der Waals surface area contributed by atoms with Crippen molar-refractivity contribution in [2.24, 2.45) is 0 Å². The molecular weight excluding hydrogens is 444 g/mol. The molecule has 0 saturated carbocycles. The van der Waals surface area contributed by atoms with Crippen LogP contribution in [0.15, 0.2) is 109 Å². The average Bonchev–Trinajstić information content (AvgIpc) is 2.87. The molecular formula is C24H20N2O4S2. The molecule has 0 aliphatic rings. The fraction of sp³-hybridized carbons (Fsp3) is 0. The van der Waals surface area contributed by atoms with Gasteiger partial charge in [-0.25, -0.2) is 0 Å². The van der Waals surface area contributed by atoms with E-state index >= 15 is 0 Å². The minimum atomic E-state index is -0.394. The van der Waals surface area contributed by atoms with Gasteiger partial charge in [0.2, 0.25) is 0 Å². The molecule has 0 radical (unpaired) electrons. The van der Waals surface area contributed by atoms with Gasteiger partial charge in [-0.3, -0.25) is 20.2 Å². The molecule has 0 fully saturated rings. The molecule has 6 nitrogen and oxygen atoms in total. The van der Waals surface area contributed by atoms with Gasteiger partial charge in [0.15, 0.2) is 0 Å². The Morgan fingerprint density at radius 2 is 0.688 bits per heavy atom. The van der Waals surface area contributed by atoms with Crippen molar-refractivity contribution in [3.8, 4) is 22.3 Å². The van der Waals surface area contributed by atoms with Crippen molar-refractivity contribution in [3.63, 3.8) is 0 Å². The van der Waals surface area contributed by atoms with E-state index in [2.05, 4.69) is 23.3 Å². The van der Waals surface area contributed by atoms with E-state index < -0.39 is 9.85 Å². The third-order valence-electron chi connectivity index (χ3n) is 4.37. The summed E-state index contributed by atoms with van der Waals surface area (Å²) in [5.41, 5.74) is 4.34. The van der Waals surface area contributed by atoms with Gasteiger partial charge < -0.3 is 0 Å². The van der Waals surface area contributed by atoms with Crippen molar-refractivity contribution in [2.75, 3.05) is 0 Å². The summed E-state index contributed by atoms with van der Waals surface area (Å²) in [7, 11) is 0. The van der Waals surface area contributed by atoms with E-state index in [4.69, 9.17) is 0 Å². The average molecular weight is 465 g/mol. The molecule has 0 atom stereocenters. The largest absolute Gasteiger partial charge is 0.269 e. The molecule has 0 heterocycles. The molecule has 0 saturated heterocycles. The van der Waals surface area contributed by atoms with E-state index in [1.54, 1.807) is 24.3 Å². The zero-order valence-corrected chi connectivity index (χ0v) is 18.6. The van der Waals surface area contributed by atoms with Crippen LogP contribution in [0.2, 0.25) is 0 Å². The minimum Gasteiger partial charge on any atom is -0.258 e. The van der Waals surface area contributed by atoms with Gasteiger partial charge in [-0.2, -0.15) is 0 Å². The van der Waals surface area contributed by atoms with E-state index in [0.29, 0.717) is 0 Å². The first-order valence-electron chi connectivity index (χ1n) is 9.34. The van der Waals surface area contributed by atoms with Crippen LogP contribution in [0.4, 0.5) is 11.4 Å². The monoisotopic (exact) mass is 464 g/mol.